The third kappa shape index (κ3) is 5.01. The molecule has 5 N–H and O–H groups in total. The van der Waals surface area contributed by atoms with E-state index in [1.165, 1.54) is 0 Å². The van der Waals surface area contributed by atoms with Crippen molar-refractivity contribution in [1.29, 1.82) is 0 Å². The van der Waals surface area contributed by atoms with Crippen molar-refractivity contribution >= 4 is 17.7 Å². The quantitative estimate of drug-likeness (QED) is 0.533. The van der Waals surface area contributed by atoms with Gasteiger partial charge in [0.1, 0.15) is 17.5 Å². The first-order chi connectivity index (χ1) is 8.11. The van der Waals surface area contributed by atoms with Crippen molar-refractivity contribution < 1.29 is 4.79 Å². The summed E-state index contributed by atoms with van der Waals surface area (Å²) in [5.74, 6) is 2.19. The zero-order valence-corrected chi connectivity index (χ0v) is 10.1. The number of hydrogen-bond donors (Lipinski definition) is 4. The van der Waals surface area contributed by atoms with Crippen LogP contribution in [0.5, 0.6) is 0 Å². The third-order valence-electron chi connectivity index (χ3n) is 1.93. The van der Waals surface area contributed by atoms with Gasteiger partial charge in [-0.2, -0.15) is 0 Å². The first-order valence-electron chi connectivity index (χ1n) is 5.48. The Morgan fingerprint density at radius 1 is 1.29 bits per heavy atom. The number of hydrogen-bond acceptors (Lipinski definition) is 5. The minimum atomic E-state index is -0.529. The molecule has 94 valence electrons. The van der Waals surface area contributed by atoms with Crippen LogP contribution in [0.2, 0.25) is 0 Å². The van der Waals surface area contributed by atoms with Crippen LogP contribution in [-0.4, -0.2) is 35.6 Å². The van der Waals surface area contributed by atoms with Gasteiger partial charge in [0.25, 0.3) is 0 Å². The Balaban J connectivity index is 2.49. The van der Waals surface area contributed by atoms with Gasteiger partial charge in [0.15, 0.2) is 0 Å². The summed E-state index contributed by atoms with van der Waals surface area (Å²) in [5.41, 5.74) is 4.95. The number of anilines is 2. The average Bonchev–Trinajstić information content (AvgIpc) is 2.24. The molecule has 0 saturated carbocycles. The molecule has 17 heavy (non-hydrogen) atoms. The Labute approximate surface area is 100 Å². The molecule has 0 saturated heterocycles. The molecule has 0 radical (unpaired) electrons. The van der Waals surface area contributed by atoms with E-state index in [1.54, 1.807) is 0 Å². The van der Waals surface area contributed by atoms with Gasteiger partial charge in [-0.15, -0.1) is 0 Å². The molecule has 1 rings (SSSR count). The number of urea groups is 1. The van der Waals surface area contributed by atoms with Gasteiger partial charge < -0.3 is 21.7 Å². The van der Waals surface area contributed by atoms with E-state index in [0.717, 1.165) is 18.2 Å². The molecule has 0 atom stereocenters. The van der Waals surface area contributed by atoms with Crippen molar-refractivity contribution in [3.63, 3.8) is 0 Å². The molecular formula is C10H18N6O. The van der Waals surface area contributed by atoms with Gasteiger partial charge in [0, 0.05) is 25.7 Å². The summed E-state index contributed by atoms with van der Waals surface area (Å²) in [5, 5.41) is 8.68. The second-order valence-electron chi connectivity index (χ2n) is 3.43. The van der Waals surface area contributed by atoms with E-state index in [4.69, 9.17) is 5.73 Å². The van der Waals surface area contributed by atoms with Crippen LogP contribution in [0.3, 0.4) is 0 Å². The van der Waals surface area contributed by atoms with Gasteiger partial charge in [0.05, 0.1) is 0 Å². The van der Waals surface area contributed by atoms with Crippen LogP contribution in [0.1, 0.15) is 12.7 Å². The molecule has 0 aliphatic rings. The highest BCUT2D eigenvalue weighted by Crippen LogP contribution is 2.10. The largest absolute Gasteiger partial charge is 0.370 e. The molecule has 0 bridgehead atoms. The number of aromatic nitrogens is 2. The van der Waals surface area contributed by atoms with E-state index in [0.29, 0.717) is 18.9 Å². The molecule has 0 fully saturated rings. The number of amides is 2. The topological polar surface area (TPSA) is 105 Å². The van der Waals surface area contributed by atoms with Crippen LogP contribution in [0.4, 0.5) is 16.4 Å². The number of carbonyl (C=O) groups is 1. The first kappa shape index (κ1) is 13.0. The zero-order chi connectivity index (χ0) is 12.7. The molecular weight excluding hydrogens is 220 g/mol. The lowest BCUT2D eigenvalue weighted by molar-refractivity contribution is 0.249. The number of nitrogens with zero attached hydrogens (tertiary/aromatic N) is 2. The maximum absolute atomic E-state index is 10.5. The predicted molar refractivity (Wildman–Crippen MR) is 67.0 cm³/mol. The Morgan fingerprint density at radius 3 is 2.53 bits per heavy atom. The number of primary amides is 1. The van der Waals surface area contributed by atoms with E-state index in [2.05, 4.69) is 25.9 Å². The highest BCUT2D eigenvalue weighted by atomic mass is 16.2. The molecule has 1 aromatic rings. The van der Waals surface area contributed by atoms with Crippen molar-refractivity contribution in [3.8, 4) is 0 Å². The molecule has 0 aliphatic heterocycles. The molecule has 0 aromatic carbocycles. The highest BCUT2D eigenvalue weighted by molar-refractivity contribution is 5.71. The molecule has 1 aromatic heterocycles. The van der Waals surface area contributed by atoms with Crippen molar-refractivity contribution in [2.24, 2.45) is 5.73 Å². The molecule has 0 spiro atoms. The molecule has 0 aliphatic carbocycles. The van der Waals surface area contributed by atoms with Crippen molar-refractivity contribution in [3.05, 3.63) is 11.9 Å². The zero-order valence-electron chi connectivity index (χ0n) is 10.1. The normalized spacial score (nSPS) is 9.76. The Bertz CT molecular complexity index is 381. The summed E-state index contributed by atoms with van der Waals surface area (Å²) < 4.78 is 0. The molecule has 7 heteroatoms. The lowest BCUT2D eigenvalue weighted by Gasteiger charge is -2.09. The van der Waals surface area contributed by atoms with Gasteiger partial charge in [-0.05, 0) is 13.8 Å². The van der Waals surface area contributed by atoms with Crippen LogP contribution in [0.25, 0.3) is 0 Å². The number of carbonyl (C=O) groups excluding carboxylic acids is 1. The minimum absolute atomic E-state index is 0.453. The lowest BCUT2D eigenvalue weighted by atomic mass is 10.4. The Kier molecular flexibility index (Phi) is 4.99. The number of aryl methyl sites for hydroxylation is 1. The number of nitrogens with one attached hydrogen (secondary N) is 3. The Hall–Kier alpha value is -2.05. The maximum atomic E-state index is 10.5. The number of nitrogens with two attached hydrogens (primary N) is 1. The molecule has 1 heterocycles. The summed E-state index contributed by atoms with van der Waals surface area (Å²) in [6, 6.07) is 1.29. The predicted octanol–water partition coefficient (Wildman–Crippen LogP) is 0.297. The summed E-state index contributed by atoms with van der Waals surface area (Å²) in [6.07, 6.45) is 0. The molecule has 7 nitrogen and oxygen atoms in total. The van der Waals surface area contributed by atoms with Crippen molar-refractivity contribution in [2.75, 3.05) is 30.3 Å². The van der Waals surface area contributed by atoms with Crippen molar-refractivity contribution in [2.45, 2.75) is 13.8 Å². The van der Waals surface area contributed by atoms with E-state index < -0.39 is 6.03 Å². The summed E-state index contributed by atoms with van der Waals surface area (Å²) >= 11 is 0. The highest BCUT2D eigenvalue weighted by Gasteiger charge is 2.00. The lowest BCUT2D eigenvalue weighted by Crippen LogP contribution is -2.33. The third-order valence-corrected chi connectivity index (χ3v) is 1.93. The standard InChI is InChI=1S/C10H18N6O/c1-3-12-8-6-9(16-7(2)15-8)13-4-5-14-10(11)17/h6H,3-5H2,1-2H3,(H3,11,14,17)(H2,12,13,15,16). The second-order valence-corrected chi connectivity index (χ2v) is 3.43. The first-order valence-corrected chi connectivity index (χ1v) is 5.48. The summed E-state index contributed by atoms with van der Waals surface area (Å²) in [7, 11) is 0. The van der Waals surface area contributed by atoms with Gasteiger partial charge >= 0.3 is 6.03 Å². The summed E-state index contributed by atoms with van der Waals surface area (Å²) in [6.45, 7) is 5.65. The fourth-order valence-corrected chi connectivity index (χ4v) is 1.31. The second kappa shape index (κ2) is 6.51. The maximum Gasteiger partial charge on any atom is 0.312 e. The van der Waals surface area contributed by atoms with E-state index in [-0.39, 0.29) is 0 Å². The average molecular weight is 238 g/mol. The van der Waals surface area contributed by atoms with Gasteiger partial charge in [-0.25, -0.2) is 14.8 Å². The van der Waals surface area contributed by atoms with Crippen LogP contribution >= 0.6 is 0 Å². The van der Waals surface area contributed by atoms with Crippen LogP contribution in [0.15, 0.2) is 6.07 Å². The van der Waals surface area contributed by atoms with Crippen LogP contribution < -0.4 is 21.7 Å². The van der Waals surface area contributed by atoms with Gasteiger partial charge in [0.2, 0.25) is 0 Å². The fourth-order valence-electron chi connectivity index (χ4n) is 1.31. The summed E-state index contributed by atoms with van der Waals surface area (Å²) in [4.78, 5) is 18.9. The minimum Gasteiger partial charge on any atom is -0.370 e. The van der Waals surface area contributed by atoms with E-state index >= 15 is 0 Å². The van der Waals surface area contributed by atoms with Crippen LogP contribution in [-0.2, 0) is 0 Å². The molecule has 2 amide bonds. The van der Waals surface area contributed by atoms with Crippen molar-refractivity contribution in [1.82, 2.24) is 15.3 Å². The Morgan fingerprint density at radius 2 is 1.94 bits per heavy atom. The van der Waals surface area contributed by atoms with Gasteiger partial charge in [-0.3, -0.25) is 0 Å². The van der Waals surface area contributed by atoms with E-state index in [1.807, 2.05) is 19.9 Å². The SMILES string of the molecule is CCNc1cc(NCCNC(N)=O)nc(C)n1. The fraction of sp³-hybridized carbons (Fsp3) is 0.500. The smallest absolute Gasteiger partial charge is 0.312 e. The monoisotopic (exact) mass is 238 g/mol. The van der Waals surface area contributed by atoms with Crippen LogP contribution in [0, 0.1) is 6.92 Å². The molecule has 0 unspecified atom stereocenters. The van der Waals surface area contributed by atoms with E-state index in [9.17, 15) is 4.79 Å². The van der Waals surface area contributed by atoms with Gasteiger partial charge in [-0.1, -0.05) is 0 Å². The number of rotatable bonds is 6.